The first-order valence-electron chi connectivity index (χ1n) is 5.43. The van der Waals surface area contributed by atoms with Crippen molar-refractivity contribution in [1.29, 1.82) is 5.26 Å². The number of hydrogen-bond donors (Lipinski definition) is 1. The van der Waals surface area contributed by atoms with Gasteiger partial charge in [0.2, 0.25) is 0 Å². The van der Waals surface area contributed by atoms with Gasteiger partial charge in [-0.15, -0.1) is 0 Å². The number of nitrogens with two attached hydrogens (primary N) is 1. The van der Waals surface area contributed by atoms with Gasteiger partial charge in [0, 0.05) is 11.7 Å². The third-order valence-corrected chi connectivity index (χ3v) is 3.62. The second kappa shape index (κ2) is 3.30. The second-order valence-electron chi connectivity index (χ2n) is 4.68. The number of aromatic nitrogens is 1. The van der Waals surface area contributed by atoms with Crippen molar-refractivity contribution in [2.45, 2.75) is 39.7 Å². The van der Waals surface area contributed by atoms with Gasteiger partial charge in [0.1, 0.15) is 11.9 Å². The number of nitrogens with zero attached hydrogens (tertiary/aromatic N) is 2. The minimum absolute atomic E-state index is 0.515. The van der Waals surface area contributed by atoms with Crippen molar-refractivity contribution in [2.75, 3.05) is 5.73 Å². The first kappa shape index (κ1) is 10.1. The van der Waals surface area contributed by atoms with Crippen LogP contribution in [0.4, 0.5) is 5.82 Å². The molecule has 3 nitrogen and oxygen atoms in total. The van der Waals surface area contributed by atoms with E-state index in [0.717, 1.165) is 17.2 Å². The Bertz CT molecular complexity index is 431. The molecule has 0 saturated heterocycles. The van der Waals surface area contributed by atoms with Gasteiger partial charge in [-0.2, -0.15) is 5.26 Å². The Balaban J connectivity index is 2.44. The lowest BCUT2D eigenvalue weighted by atomic mass is 9.81. The van der Waals surface area contributed by atoms with Crippen molar-refractivity contribution in [3.63, 3.8) is 0 Å². The maximum Gasteiger partial charge on any atom is 0.122 e. The number of rotatable bonds is 1. The average Bonchev–Trinajstić information content (AvgIpc) is 2.35. The Kier molecular flexibility index (Phi) is 2.22. The number of nitrogen functional groups attached to an aromatic ring is 1. The van der Waals surface area contributed by atoms with Crippen LogP contribution >= 0.6 is 0 Å². The molecule has 1 aromatic heterocycles. The number of hydrogen-bond acceptors (Lipinski definition) is 2. The molecule has 1 saturated carbocycles. The zero-order valence-electron chi connectivity index (χ0n) is 9.54. The third kappa shape index (κ3) is 1.32. The standard InChI is InChI=1S/C12H17N3/c1-7-4-10(5-7)15-9(3)8(2)11(6-13)12(15)14/h7,10H,4-5,14H2,1-3H3. The van der Waals surface area contributed by atoms with Crippen LogP contribution in [0.5, 0.6) is 0 Å². The van der Waals surface area contributed by atoms with Crippen molar-refractivity contribution < 1.29 is 0 Å². The van der Waals surface area contributed by atoms with Gasteiger partial charge in [-0.05, 0) is 38.2 Å². The molecule has 0 amide bonds. The zero-order valence-corrected chi connectivity index (χ0v) is 9.54. The van der Waals surface area contributed by atoms with Gasteiger partial charge in [0.25, 0.3) is 0 Å². The van der Waals surface area contributed by atoms with Crippen LogP contribution in [0.25, 0.3) is 0 Å². The summed E-state index contributed by atoms with van der Waals surface area (Å²) in [5, 5.41) is 9.02. The van der Waals surface area contributed by atoms with Crippen molar-refractivity contribution >= 4 is 5.82 Å². The van der Waals surface area contributed by atoms with E-state index in [9.17, 15) is 0 Å². The summed E-state index contributed by atoms with van der Waals surface area (Å²) in [7, 11) is 0. The van der Waals surface area contributed by atoms with E-state index in [1.165, 1.54) is 12.8 Å². The molecule has 1 aliphatic rings. The second-order valence-corrected chi connectivity index (χ2v) is 4.68. The summed E-state index contributed by atoms with van der Waals surface area (Å²) in [6, 6.07) is 2.71. The van der Waals surface area contributed by atoms with Crippen LogP contribution in [0, 0.1) is 31.1 Å². The van der Waals surface area contributed by atoms with E-state index >= 15 is 0 Å². The highest BCUT2D eigenvalue weighted by Gasteiger charge is 2.30. The van der Waals surface area contributed by atoms with Crippen LogP contribution in [-0.4, -0.2) is 4.57 Å². The summed E-state index contributed by atoms with van der Waals surface area (Å²) in [5.74, 6) is 1.45. The van der Waals surface area contributed by atoms with Gasteiger partial charge >= 0.3 is 0 Å². The summed E-state index contributed by atoms with van der Waals surface area (Å²) in [6.45, 7) is 6.28. The molecule has 1 aromatic rings. The number of anilines is 1. The molecule has 0 radical (unpaired) electrons. The smallest absolute Gasteiger partial charge is 0.122 e. The molecule has 0 spiro atoms. The normalized spacial score (nSPS) is 24.7. The van der Waals surface area contributed by atoms with E-state index in [4.69, 9.17) is 11.0 Å². The van der Waals surface area contributed by atoms with Crippen molar-refractivity contribution in [2.24, 2.45) is 5.92 Å². The van der Waals surface area contributed by atoms with E-state index < -0.39 is 0 Å². The van der Waals surface area contributed by atoms with Crippen LogP contribution in [0.1, 0.15) is 42.6 Å². The van der Waals surface area contributed by atoms with E-state index in [1.54, 1.807) is 0 Å². The lowest BCUT2D eigenvalue weighted by molar-refractivity contribution is 0.216. The molecule has 0 aromatic carbocycles. The number of nitriles is 1. The van der Waals surface area contributed by atoms with Crippen molar-refractivity contribution in [3.8, 4) is 6.07 Å². The lowest BCUT2D eigenvalue weighted by Gasteiger charge is -2.35. The SMILES string of the molecule is Cc1c(C#N)c(N)n(C2CC(C)C2)c1C. The van der Waals surface area contributed by atoms with Crippen LogP contribution in [-0.2, 0) is 0 Å². The third-order valence-electron chi connectivity index (χ3n) is 3.62. The minimum atomic E-state index is 0.515. The molecule has 3 heteroatoms. The monoisotopic (exact) mass is 203 g/mol. The summed E-state index contributed by atoms with van der Waals surface area (Å²) < 4.78 is 2.15. The Morgan fingerprint density at radius 1 is 1.40 bits per heavy atom. The van der Waals surface area contributed by atoms with Gasteiger partial charge < -0.3 is 10.3 Å². The minimum Gasteiger partial charge on any atom is -0.384 e. The highest BCUT2D eigenvalue weighted by molar-refractivity contribution is 5.58. The van der Waals surface area contributed by atoms with E-state index in [2.05, 4.69) is 24.5 Å². The molecule has 1 heterocycles. The predicted molar refractivity (Wildman–Crippen MR) is 60.5 cm³/mol. The molecule has 15 heavy (non-hydrogen) atoms. The molecule has 0 aliphatic heterocycles. The highest BCUT2D eigenvalue weighted by atomic mass is 15.1. The van der Waals surface area contributed by atoms with Gasteiger partial charge in [0.15, 0.2) is 0 Å². The van der Waals surface area contributed by atoms with Gasteiger partial charge in [-0.3, -0.25) is 0 Å². The van der Waals surface area contributed by atoms with Gasteiger partial charge in [-0.1, -0.05) is 6.92 Å². The Morgan fingerprint density at radius 3 is 2.40 bits per heavy atom. The molecule has 1 fully saturated rings. The maximum atomic E-state index is 9.02. The first-order chi connectivity index (χ1) is 7.06. The molecule has 2 N–H and O–H groups in total. The lowest BCUT2D eigenvalue weighted by Crippen LogP contribution is -2.26. The Hall–Kier alpha value is -1.43. The van der Waals surface area contributed by atoms with Crippen LogP contribution in [0.3, 0.4) is 0 Å². The summed E-state index contributed by atoms with van der Waals surface area (Å²) in [5.41, 5.74) is 8.86. The van der Waals surface area contributed by atoms with Crippen molar-refractivity contribution in [3.05, 3.63) is 16.8 Å². The molecule has 80 valence electrons. The topological polar surface area (TPSA) is 54.7 Å². The molecular weight excluding hydrogens is 186 g/mol. The van der Waals surface area contributed by atoms with Crippen LogP contribution in [0.2, 0.25) is 0 Å². The molecule has 0 atom stereocenters. The van der Waals surface area contributed by atoms with Gasteiger partial charge in [0.05, 0.1) is 5.56 Å². The quantitative estimate of drug-likeness (QED) is 0.762. The molecular formula is C12H17N3. The Labute approximate surface area is 90.5 Å². The van der Waals surface area contributed by atoms with E-state index in [-0.39, 0.29) is 0 Å². The van der Waals surface area contributed by atoms with Gasteiger partial charge in [-0.25, -0.2) is 0 Å². The molecule has 1 aliphatic carbocycles. The maximum absolute atomic E-state index is 9.02. The van der Waals surface area contributed by atoms with Crippen molar-refractivity contribution in [1.82, 2.24) is 4.57 Å². The van der Waals surface area contributed by atoms with Crippen LogP contribution in [0.15, 0.2) is 0 Å². The fraction of sp³-hybridized carbons (Fsp3) is 0.583. The van der Waals surface area contributed by atoms with E-state index in [0.29, 0.717) is 17.4 Å². The first-order valence-corrected chi connectivity index (χ1v) is 5.43. The fourth-order valence-corrected chi connectivity index (χ4v) is 2.54. The molecule has 0 unspecified atom stereocenters. The fourth-order valence-electron chi connectivity index (χ4n) is 2.54. The highest BCUT2D eigenvalue weighted by Crippen LogP contribution is 2.41. The Morgan fingerprint density at radius 2 is 2.00 bits per heavy atom. The summed E-state index contributed by atoms with van der Waals surface area (Å²) in [4.78, 5) is 0. The molecule has 2 rings (SSSR count). The summed E-state index contributed by atoms with van der Waals surface area (Å²) in [6.07, 6.45) is 2.37. The summed E-state index contributed by atoms with van der Waals surface area (Å²) >= 11 is 0. The zero-order chi connectivity index (χ0) is 11.2. The van der Waals surface area contributed by atoms with E-state index in [1.807, 2.05) is 6.92 Å². The molecule has 0 bridgehead atoms. The predicted octanol–water partition coefficient (Wildman–Crippen LogP) is 2.53. The largest absolute Gasteiger partial charge is 0.384 e. The van der Waals surface area contributed by atoms with Crippen LogP contribution < -0.4 is 5.73 Å². The average molecular weight is 203 g/mol.